The molecule has 4 nitrogen and oxygen atoms in total. The minimum atomic E-state index is -0.550. The van der Waals surface area contributed by atoms with Crippen LogP contribution in [0.5, 0.6) is 0 Å². The van der Waals surface area contributed by atoms with E-state index in [4.69, 9.17) is 9.47 Å². The molecule has 0 bridgehead atoms. The molecule has 0 aromatic heterocycles. The summed E-state index contributed by atoms with van der Waals surface area (Å²) < 4.78 is 11.3. The molecule has 4 atom stereocenters. The zero-order valence-corrected chi connectivity index (χ0v) is 8.28. The van der Waals surface area contributed by atoms with Crippen LogP contribution in [0.25, 0.3) is 0 Å². The highest BCUT2D eigenvalue weighted by Gasteiger charge is 2.53. The van der Waals surface area contributed by atoms with Crippen molar-refractivity contribution in [1.82, 2.24) is 5.32 Å². The number of ether oxygens (including phenoxy) is 2. The maximum Gasteiger partial charge on any atom is 0.163 e. The fourth-order valence-corrected chi connectivity index (χ4v) is 2.24. The number of fused-ring (bicyclic) bond motifs is 1. The van der Waals surface area contributed by atoms with Gasteiger partial charge in [0.25, 0.3) is 0 Å². The van der Waals surface area contributed by atoms with Gasteiger partial charge in [-0.3, -0.25) is 0 Å². The molecule has 76 valence electrons. The number of rotatable bonds is 1. The number of likely N-dealkylation sites (N-methyl/N-ethyl adjacent to an activating group) is 1. The quantitative estimate of drug-likeness (QED) is 0.600. The van der Waals surface area contributed by atoms with E-state index in [0.29, 0.717) is 6.42 Å². The Morgan fingerprint density at radius 1 is 1.31 bits per heavy atom. The van der Waals surface area contributed by atoms with E-state index in [0.717, 1.165) is 0 Å². The molecule has 2 aliphatic rings. The van der Waals surface area contributed by atoms with Crippen molar-refractivity contribution >= 4 is 0 Å². The highest BCUT2D eigenvalue weighted by Crippen LogP contribution is 2.38. The van der Waals surface area contributed by atoms with Gasteiger partial charge in [-0.25, -0.2) is 0 Å². The first-order valence-electron chi connectivity index (χ1n) is 4.74. The fraction of sp³-hybridized carbons (Fsp3) is 1.00. The molecule has 2 rings (SSSR count). The minimum absolute atomic E-state index is 0.00463. The van der Waals surface area contributed by atoms with Crippen LogP contribution in [0, 0.1) is 0 Å². The summed E-state index contributed by atoms with van der Waals surface area (Å²) in [7, 11) is 1.88. The van der Waals surface area contributed by atoms with Gasteiger partial charge in [0.1, 0.15) is 12.2 Å². The van der Waals surface area contributed by atoms with Crippen LogP contribution in [0.2, 0.25) is 0 Å². The maximum absolute atomic E-state index is 9.69. The lowest BCUT2D eigenvalue weighted by Crippen LogP contribution is -2.37. The Morgan fingerprint density at radius 3 is 2.54 bits per heavy atom. The van der Waals surface area contributed by atoms with Crippen LogP contribution in [0.1, 0.15) is 20.3 Å². The maximum atomic E-state index is 9.69. The van der Waals surface area contributed by atoms with Gasteiger partial charge in [0.15, 0.2) is 5.79 Å². The van der Waals surface area contributed by atoms with Crippen LogP contribution in [0.4, 0.5) is 0 Å². The lowest BCUT2D eigenvalue weighted by atomic mass is 10.2. The number of hydrogen-bond acceptors (Lipinski definition) is 4. The first-order valence-corrected chi connectivity index (χ1v) is 4.74. The van der Waals surface area contributed by atoms with Crippen molar-refractivity contribution in [1.29, 1.82) is 0 Å². The molecule has 2 N–H and O–H groups in total. The average Bonchev–Trinajstić information content (AvgIpc) is 2.47. The second-order valence-corrected chi connectivity index (χ2v) is 4.26. The first-order chi connectivity index (χ1) is 6.03. The normalized spacial score (nSPS) is 48.0. The van der Waals surface area contributed by atoms with Crippen molar-refractivity contribution in [2.75, 3.05) is 7.05 Å². The lowest BCUT2D eigenvalue weighted by molar-refractivity contribution is -0.163. The van der Waals surface area contributed by atoms with Crippen LogP contribution in [-0.4, -0.2) is 42.3 Å². The van der Waals surface area contributed by atoms with E-state index < -0.39 is 11.9 Å². The Balaban J connectivity index is 2.12. The number of nitrogens with one attached hydrogen (secondary N) is 1. The van der Waals surface area contributed by atoms with Crippen molar-refractivity contribution in [3.8, 4) is 0 Å². The third-order valence-electron chi connectivity index (χ3n) is 2.81. The van der Waals surface area contributed by atoms with Crippen LogP contribution >= 0.6 is 0 Å². The molecule has 0 aromatic carbocycles. The van der Waals surface area contributed by atoms with E-state index in [1.54, 1.807) is 0 Å². The van der Waals surface area contributed by atoms with Crippen LogP contribution < -0.4 is 5.32 Å². The molecule has 4 heteroatoms. The van der Waals surface area contributed by atoms with Crippen molar-refractivity contribution in [2.24, 2.45) is 0 Å². The van der Waals surface area contributed by atoms with E-state index in [-0.39, 0.29) is 18.2 Å². The topological polar surface area (TPSA) is 50.7 Å². The number of aliphatic hydroxyl groups is 1. The average molecular weight is 187 g/mol. The van der Waals surface area contributed by atoms with Gasteiger partial charge in [-0.1, -0.05) is 0 Å². The molecule has 1 saturated carbocycles. The van der Waals surface area contributed by atoms with E-state index in [1.807, 2.05) is 20.9 Å². The predicted molar refractivity (Wildman–Crippen MR) is 47.3 cm³/mol. The molecule has 0 aromatic rings. The first kappa shape index (κ1) is 9.40. The SMILES string of the molecule is CNC1C[C@@H](O)[C@@H]2OC(C)(C)O[C@H]12. The van der Waals surface area contributed by atoms with E-state index >= 15 is 0 Å². The van der Waals surface area contributed by atoms with Gasteiger partial charge < -0.3 is 19.9 Å². The predicted octanol–water partition coefficient (Wildman–Crippen LogP) is -0.141. The molecule has 1 saturated heterocycles. The summed E-state index contributed by atoms with van der Waals surface area (Å²) in [6.07, 6.45) is 0.147. The number of hydrogen-bond donors (Lipinski definition) is 2. The van der Waals surface area contributed by atoms with E-state index in [1.165, 1.54) is 0 Å². The standard InChI is InChI=1S/C9H17NO3/c1-9(2)12-7-5(10-3)4-6(11)8(7)13-9/h5-8,10-11H,4H2,1-3H3/t5?,6-,7-,8+/m1/s1. The molecule has 0 radical (unpaired) electrons. The third kappa shape index (κ3) is 1.48. The Labute approximate surface area is 78.2 Å². The van der Waals surface area contributed by atoms with Gasteiger partial charge in [0.2, 0.25) is 0 Å². The van der Waals surface area contributed by atoms with Gasteiger partial charge in [-0.15, -0.1) is 0 Å². The second-order valence-electron chi connectivity index (χ2n) is 4.26. The summed E-state index contributed by atoms with van der Waals surface area (Å²) in [5.41, 5.74) is 0. The summed E-state index contributed by atoms with van der Waals surface area (Å²) in [4.78, 5) is 0. The zero-order chi connectivity index (χ0) is 9.64. The van der Waals surface area contributed by atoms with Gasteiger partial charge >= 0.3 is 0 Å². The Morgan fingerprint density at radius 2 is 1.92 bits per heavy atom. The Hall–Kier alpha value is -0.160. The summed E-state index contributed by atoms with van der Waals surface area (Å²) in [6, 6.07) is 0.210. The minimum Gasteiger partial charge on any atom is -0.390 e. The molecule has 1 heterocycles. The molecule has 1 aliphatic carbocycles. The van der Waals surface area contributed by atoms with Crippen LogP contribution in [-0.2, 0) is 9.47 Å². The van der Waals surface area contributed by atoms with E-state index in [2.05, 4.69) is 5.32 Å². The highest BCUT2D eigenvalue weighted by molar-refractivity contribution is 5.01. The highest BCUT2D eigenvalue weighted by atomic mass is 16.8. The monoisotopic (exact) mass is 187 g/mol. The largest absolute Gasteiger partial charge is 0.390 e. The zero-order valence-electron chi connectivity index (χ0n) is 8.28. The van der Waals surface area contributed by atoms with Crippen molar-refractivity contribution in [3.63, 3.8) is 0 Å². The van der Waals surface area contributed by atoms with Gasteiger partial charge in [0, 0.05) is 6.04 Å². The van der Waals surface area contributed by atoms with Gasteiger partial charge in [-0.05, 0) is 27.3 Å². The molecule has 2 fully saturated rings. The van der Waals surface area contributed by atoms with Crippen molar-refractivity contribution in [3.05, 3.63) is 0 Å². The molecule has 0 spiro atoms. The van der Waals surface area contributed by atoms with E-state index in [9.17, 15) is 5.11 Å². The molecular weight excluding hydrogens is 170 g/mol. The van der Waals surface area contributed by atoms with Gasteiger partial charge in [0.05, 0.1) is 6.10 Å². The fourth-order valence-electron chi connectivity index (χ4n) is 2.24. The molecule has 1 aliphatic heterocycles. The Kier molecular flexibility index (Phi) is 2.11. The van der Waals surface area contributed by atoms with Crippen molar-refractivity contribution in [2.45, 2.75) is 50.4 Å². The summed E-state index contributed by atoms with van der Waals surface area (Å²) in [6.45, 7) is 3.76. The molecular formula is C9H17NO3. The lowest BCUT2D eigenvalue weighted by Gasteiger charge is -2.21. The third-order valence-corrected chi connectivity index (χ3v) is 2.81. The number of aliphatic hydroxyl groups excluding tert-OH is 1. The molecule has 1 unspecified atom stereocenters. The van der Waals surface area contributed by atoms with Crippen LogP contribution in [0.3, 0.4) is 0 Å². The molecule has 0 amide bonds. The van der Waals surface area contributed by atoms with Crippen LogP contribution in [0.15, 0.2) is 0 Å². The summed E-state index contributed by atoms with van der Waals surface area (Å²) in [5.74, 6) is -0.550. The smallest absolute Gasteiger partial charge is 0.163 e. The summed E-state index contributed by atoms with van der Waals surface area (Å²) in [5, 5.41) is 12.8. The second kappa shape index (κ2) is 2.92. The van der Waals surface area contributed by atoms with Gasteiger partial charge in [-0.2, -0.15) is 0 Å². The summed E-state index contributed by atoms with van der Waals surface area (Å²) >= 11 is 0. The van der Waals surface area contributed by atoms with Crippen molar-refractivity contribution < 1.29 is 14.6 Å². The molecule has 13 heavy (non-hydrogen) atoms. The Bertz CT molecular complexity index is 207.